The molecule has 27 heavy (non-hydrogen) atoms. The number of amides is 2. The van der Waals surface area contributed by atoms with Crippen molar-refractivity contribution in [1.29, 1.82) is 0 Å². The first-order valence-electron chi connectivity index (χ1n) is 9.55. The fourth-order valence-corrected chi connectivity index (χ4v) is 4.10. The van der Waals surface area contributed by atoms with E-state index in [-0.39, 0.29) is 11.8 Å². The number of hydrogen-bond donors (Lipinski definition) is 2. The van der Waals surface area contributed by atoms with Crippen molar-refractivity contribution >= 4 is 23.2 Å². The summed E-state index contributed by atoms with van der Waals surface area (Å²) in [5.41, 5.74) is 3.48. The van der Waals surface area contributed by atoms with Crippen LogP contribution in [-0.4, -0.2) is 42.4 Å². The van der Waals surface area contributed by atoms with Gasteiger partial charge < -0.3 is 10.6 Å². The molecule has 0 saturated carbocycles. The summed E-state index contributed by atoms with van der Waals surface area (Å²) in [7, 11) is 0. The summed E-state index contributed by atoms with van der Waals surface area (Å²) in [5.74, 6) is -0.140. The lowest BCUT2D eigenvalue weighted by molar-refractivity contribution is -0.121. The molecule has 0 spiro atoms. The molecule has 0 radical (unpaired) electrons. The monoisotopic (exact) mass is 385 g/mol. The van der Waals surface area contributed by atoms with Crippen molar-refractivity contribution in [2.24, 2.45) is 0 Å². The predicted molar refractivity (Wildman–Crippen MR) is 109 cm³/mol. The van der Waals surface area contributed by atoms with Crippen LogP contribution in [0.5, 0.6) is 0 Å². The van der Waals surface area contributed by atoms with E-state index in [1.54, 1.807) is 11.4 Å². The summed E-state index contributed by atoms with van der Waals surface area (Å²) in [6.07, 6.45) is 2.36. The number of carbonyl (C=O) groups excluding carboxylic acids is 2. The third kappa shape index (κ3) is 5.40. The van der Waals surface area contributed by atoms with Crippen LogP contribution in [0, 0.1) is 0 Å². The Hall–Kier alpha value is -2.18. The highest BCUT2D eigenvalue weighted by molar-refractivity contribution is 7.08. The summed E-state index contributed by atoms with van der Waals surface area (Å²) in [6.45, 7) is 5.14. The van der Waals surface area contributed by atoms with E-state index >= 15 is 0 Å². The highest BCUT2D eigenvalue weighted by atomic mass is 32.1. The summed E-state index contributed by atoms with van der Waals surface area (Å²) < 4.78 is 0. The Morgan fingerprint density at radius 3 is 2.74 bits per heavy atom. The Morgan fingerprint density at radius 2 is 2.00 bits per heavy atom. The highest BCUT2D eigenvalue weighted by Crippen LogP contribution is 2.21. The molecule has 0 bridgehead atoms. The van der Waals surface area contributed by atoms with Gasteiger partial charge in [0.15, 0.2) is 0 Å². The van der Waals surface area contributed by atoms with Gasteiger partial charge in [0.25, 0.3) is 5.91 Å². The van der Waals surface area contributed by atoms with Crippen LogP contribution in [0.2, 0.25) is 0 Å². The number of benzene rings is 1. The maximum absolute atomic E-state index is 12.1. The van der Waals surface area contributed by atoms with E-state index in [0.29, 0.717) is 31.1 Å². The number of hydrogen-bond acceptors (Lipinski definition) is 4. The van der Waals surface area contributed by atoms with Crippen LogP contribution in [0.3, 0.4) is 0 Å². The molecule has 2 amide bonds. The first kappa shape index (κ1) is 19.6. The molecule has 1 aliphatic heterocycles. The lowest BCUT2D eigenvalue weighted by atomic mass is 9.98. The molecule has 1 unspecified atom stereocenters. The van der Waals surface area contributed by atoms with Crippen molar-refractivity contribution in [3.05, 3.63) is 57.8 Å². The number of nitrogens with one attached hydrogen (secondary N) is 2. The largest absolute Gasteiger partial charge is 0.354 e. The fourth-order valence-electron chi connectivity index (χ4n) is 3.47. The van der Waals surface area contributed by atoms with Crippen LogP contribution in [0.1, 0.15) is 41.3 Å². The minimum Gasteiger partial charge on any atom is -0.354 e. The first-order valence-corrected chi connectivity index (χ1v) is 10.5. The minimum absolute atomic E-state index is 0.0171. The average Bonchev–Trinajstić information content (AvgIpc) is 3.23. The second kappa shape index (κ2) is 9.67. The summed E-state index contributed by atoms with van der Waals surface area (Å²) in [5, 5.41) is 9.49. The molecule has 1 atom stereocenters. The summed E-state index contributed by atoms with van der Waals surface area (Å²) in [6, 6.07) is 10.7. The molecule has 0 saturated heterocycles. The third-order valence-corrected chi connectivity index (χ3v) is 5.79. The molecular weight excluding hydrogens is 358 g/mol. The predicted octanol–water partition coefficient (Wildman–Crippen LogP) is 2.82. The van der Waals surface area contributed by atoms with Crippen LogP contribution >= 0.6 is 11.3 Å². The number of thiophene rings is 1. The van der Waals surface area contributed by atoms with Gasteiger partial charge in [-0.05, 0) is 35.4 Å². The van der Waals surface area contributed by atoms with Gasteiger partial charge in [-0.25, -0.2) is 0 Å². The van der Waals surface area contributed by atoms with Crippen LogP contribution in [0.15, 0.2) is 41.1 Å². The van der Waals surface area contributed by atoms with E-state index in [4.69, 9.17) is 0 Å². The molecule has 1 aromatic heterocycles. The standard InChI is InChI=1S/C21H27N3O2S/c1-2-19(24-11-8-16-5-3-4-6-17(16)14-24)13-23-20(25)7-10-22-21(26)18-9-12-27-15-18/h3-6,9,12,15,19H,2,7-8,10-11,13-14H2,1H3,(H,22,26)(H,23,25). The van der Waals surface area contributed by atoms with E-state index in [1.807, 2.05) is 5.38 Å². The molecule has 0 fully saturated rings. The van der Waals surface area contributed by atoms with Crippen LogP contribution in [-0.2, 0) is 17.8 Å². The molecule has 2 N–H and O–H groups in total. The van der Waals surface area contributed by atoms with Crippen molar-refractivity contribution in [3.63, 3.8) is 0 Å². The molecule has 144 valence electrons. The van der Waals surface area contributed by atoms with Gasteiger partial charge in [-0.15, -0.1) is 0 Å². The Morgan fingerprint density at radius 1 is 1.19 bits per heavy atom. The van der Waals surface area contributed by atoms with E-state index < -0.39 is 0 Å². The van der Waals surface area contributed by atoms with Crippen LogP contribution in [0.25, 0.3) is 0 Å². The fraction of sp³-hybridized carbons (Fsp3) is 0.429. The molecule has 2 heterocycles. The molecule has 3 rings (SSSR count). The van der Waals surface area contributed by atoms with E-state index in [2.05, 4.69) is 46.7 Å². The third-order valence-electron chi connectivity index (χ3n) is 5.10. The second-order valence-corrected chi connectivity index (χ2v) is 7.65. The number of nitrogens with zero attached hydrogens (tertiary/aromatic N) is 1. The molecule has 0 aliphatic carbocycles. The van der Waals surface area contributed by atoms with Gasteiger partial charge in [0.05, 0.1) is 0 Å². The Labute approximate surface area is 164 Å². The quantitative estimate of drug-likeness (QED) is 0.735. The minimum atomic E-state index is -0.123. The zero-order valence-corrected chi connectivity index (χ0v) is 16.6. The molecule has 1 aliphatic rings. The first-order chi connectivity index (χ1) is 13.2. The molecule has 5 nitrogen and oxygen atoms in total. The zero-order valence-electron chi connectivity index (χ0n) is 15.7. The summed E-state index contributed by atoms with van der Waals surface area (Å²) in [4.78, 5) is 26.5. The van der Waals surface area contributed by atoms with Crippen molar-refractivity contribution in [2.75, 3.05) is 19.6 Å². The lowest BCUT2D eigenvalue weighted by Crippen LogP contribution is -2.46. The smallest absolute Gasteiger partial charge is 0.252 e. The van der Waals surface area contributed by atoms with Gasteiger partial charge in [-0.2, -0.15) is 11.3 Å². The van der Waals surface area contributed by atoms with Crippen molar-refractivity contribution in [3.8, 4) is 0 Å². The van der Waals surface area contributed by atoms with Gasteiger partial charge >= 0.3 is 0 Å². The maximum Gasteiger partial charge on any atom is 0.252 e. The van der Waals surface area contributed by atoms with Gasteiger partial charge in [0, 0.05) is 49.6 Å². The van der Waals surface area contributed by atoms with Crippen LogP contribution < -0.4 is 10.6 Å². The second-order valence-electron chi connectivity index (χ2n) is 6.87. The maximum atomic E-state index is 12.1. The van der Waals surface area contributed by atoms with Crippen molar-refractivity contribution < 1.29 is 9.59 Å². The van der Waals surface area contributed by atoms with E-state index in [9.17, 15) is 9.59 Å². The molecule has 6 heteroatoms. The van der Waals surface area contributed by atoms with Gasteiger partial charge in [0.1, 0.15) is 0 Å². The van der Waals surface area contributed by atoms with E-state index in [0.717, 1.165) is 25.9 Å². The lowest BCUT2D eigenvalue weighted by Gasteiger charge is -2.35. The average molecular weight is 386 g/mol. The SMILES string of the molecule is CCC(CNC(=O)CCNC(=O)c1ccsc1)N1CCc2ccccc2C1. The van der Waals surface area contributed by atoms with Gasteiger partial charge in [-0.1, -0.05) is 31.2 Å². The molecule has 1 aromatic carbocycles. The van der Waals surface area contributed by atoms with Crippen molar-refractivity contribution in [2.45, 2.75) is 38.8 Å². The Balaban J connectivity index is 1.40. The Bertz CT molecular complexity index is 761. The molecule has 2 aromatic rings. The normalized spacial score (nSPS) is 15.0. The molecular formula is C21H27N3O2S. The Kier molecular flexibility index (Phi) is 7.01. The number of fused-ring (bicyclic) bond motifs is 1. The summed E-state index contributed by atoms with van der Waals surface area (Å²) >= 11 is 1.49. The van der Waals surface area contributed by atoms with Gasteiger partial charge in [0.2, 0.25) is 5.91 Å². The zero-order chi connectivity index (χ0) is 19.1. The van der Waals surface area contributed by atoms with Gasteiger partial charge in [-0.3, -0.25) is 14.5 Å². The van der Waals surface area contributed by atoms with Crippen molar-refractivity contribution in [1.82, 2.24) is 15.5 Å². The number of carbonyl (C=O) groups is 2. The topological polar surface area (TPSA) is 61.4 Å². The van der Waals surface area contributed by atoms with Crippen LogP contribution in [0.4, 0.5) is 0 Å². The number of rotatable bonds is 8. The highest BCUT2D eigenvalue weighted by Gasteiger charge is 2.22. The van der Waals surface area contributed by atoms with E-state index in [1.165, 1.54) is 22.5 Å².